The van der Waals surface area contributed by atoms with Crippen LogP contribution in [0.2, 0.25) is 0 Å². The summed E-state index contributed by atoms with van der Waals surface area (Å²) in [5.74, 6) is 0. The van der Waals surface area contributed by atoms with Gasteiger partial charge in [0.2, 0.25) is 0 Å². The fourth-order valence-corrected chi connectivity index (χ4v) is 2.58. The minimum Gasteiger partial charge on any atom is -0.335 e. The van der Waals surface area contributed by atoms with Gasteiger partial charge in [0, 0.05) is 11.6 Å². The number of fused-ring (bicyclic) bond motifs is 1. The molecule has 3 aromatic rings. The van der Waals surface area contributed by atoms with E-state index in [4.69, 9.17) is 0 Å². The molecule has 1 heterocycles. The number of rotatable bonds is 3. The molecule has 0 spiro atoms. The van der Waals surface area contributed by atoms with Crippen molar-refractivity contribution in [3.63, 3.8) is 0 Å². The third-order valence-corrected chi connectivity index (χ3v) is 3.53. The smallest absolute Gasteiger partial charge is 0.101 e. The van der Waals surface area contributed by atoms with Gasteiger partial charge in [-0.05, 0) is 11.6 Å². The molecule has 0 aliphatic heterocycles. The van der Waals surface area contributed by atoms with Crippen molar-refractivity contribution in [3.8, 4) is 6.07 Å². The lowest BCUT2D eigenvalue weighted by molar-refractivity contribution is 0.730. The van der Waals surface area contributed by atoms with Crippen molar-refractivity contribution < 1.29 is 0 Å². The van der Waals surface area contributed by atoms with Crippen LogP contribution in [0.1, 0.15) is 17.2 Å². The molecule has 0 saturated carbocycles. The number of aromatic nitrogens is 1. The summed E-state index contributed by atoms with van der Waals surface area (Å²) in [6.45, 7) is 3.95. The zero-order chi connectivity index (χ0) is 13.9. The maximum atomic E-state index is 9.28. The second kappa shape index (κ2) is 5.07. The number of hydrogen-bond donors (Lipinski definition) is 0. The predicted molar refractivity (Wildman–Crippen MR) is 81.4 cm³/mol. The zero-order valence-electron chi connectivity index (χ0n) is 11.0. The molecule has 0 fully saturated rings. The SMILES string of the molecule is C=C[C@H](c1ccccc1)n1cc(C#N)c2ccccc21. The Balaban J connectivity index is 2.23. The monoisotopic (exact) mass is 258 g/mol. The van der Waals surface area contributed by atoms with E-state index in [9.17, 15) is 5.26 Å². The maximum absolute atomic E-state index is 9.28. The average Bonchev–Trinajstić information content (AvgIpc) is 2.88. The quantitative estimate of drug-likeness (QED) is 0.644. The topological polar surface area (TPSA) is 28.7 Å². The van der Waals surface area contributed by atoms with Gasteiger partial charge in [-0.2, -0.15) is 5.26 Å². The molecule has 96 valence electrons. The molecule has 0 amide bonds. The summed E-state index contributed by atoms with van der Waals surface area (Å²) in [6, 6.07) is 20.4. The molecule has 3 rings (SSSR count). The lowest BCUT2D eigenvalue weighted by atomic mass is 10.1. The van der Waals surface area contributed by atoms with Crippen molar-refractivity contribution >= 4 is 10.9 Å². The Hall–Kier alpha value is -2.79. The van der Waals surface area contributed by atoms with Crippen LogP contribution in [0.25, 0.3) is 10.9 Å². The maximum Gasteiger partial charge on any atom is 0.101 e. The van der Waals surface area contributed by atoms with Crippen LogP contribution in [0.4, 0.5) is 0 Å². The van der Waals surface area contributed by atoms with Crippen molar-refractivity contribution in [3.05, 3.63) is 84.6 Å². The highest BCUT2D eigenvalue weighted by atomic mass is 15.0. The van der Waals surface area contributed by atoms with Crippen LogP contribution in [0, 0.1) is 11.3 Å². The van der Waals surface area contributed by atoms with E-state index < -0.39 is 0 Å². The molecule has 2 nitrogen and oxygen atoms in total. The fraction of sp³-hybridized carbons (Fsp3) is 0.0556. The van der Waals surface area contributed by atoms with Crippen molar-refractivity contribution in [2.45, 2.75) is 6.04 Å². The highest BCUT2D eigenvalue weighted by Gasteiger charge is 2.14. The summed E-state index contributed by atoms with van der Waals surface area (Å²) in [6.07, 6.45) is 3.81. The summed E-state index contributed by atoms with van der Waals surface area (Å²) in [7, 11) is 0. The molecule has 0 saturated heterocycles. The van der Waals surface area contributed by atoms with Gasteiger partial charge in [0.05, 0.1) is 17.1 Å². The summed E-state index contributed by atoms with van der Waals surface area (Å²) >= 11 is 0. The first kappa shape index (κ1) is 12.3. The van der Waals surface area contributed by atoms with Gasteiger partial charge in [-0.3, -0.25) is 0 Å². The van der Waals surface area contributed by atoms with Gasteiger partial charge in [0.1, 0.15) is 6.07 Å². The Labute approximate surface area is 118 Å². The Morgan fingerprint density at radius 2 is 1.75 bits per heavy atom. The van der Waals surface area contributed by atoms with E-state index in [-0.39, 0.29) is 6.04 Å². The van der Waals surface area contributed by atoms with Crippen molar-refractivity contribution in [2.24, 2.45) is 0 Å². The summed E-state index contributed by atoms with van der Waals surface area (Å²) in [5, 5.41) is 10.3. The second-order valence-electron chi connectivity index (χ2n) is 4.67. The Morgan fingerprint density at radius 1 is 1.05 bits per heavy atom. The van der Waals surface area contributed by atoms with Crippen LogP contribution in [0.5, 0.6) is 0 Å². The molecule has 2 heteroatoms. The first-order chi connectivity index (χ1) is 9.85. The van der Waals surface area contributed by atoms with Gasteiger partial charge in [0.25, 0.3) is 0 Å². The van der Waals surface area contributed by atoms with Gasteiger partial charge in [0.15, 0.2) is 0 Å². The third-order valence-electron chi connectivity index (χ3n) is 3.53. The molecule has 1 aromatic heterocycles. The Kier molecular flexibility index (Phi) is 3.10. The van der Waals surface area contributed by atoms with Gasteiger partial charge in [-0.15, -0.1) is 6.58 Å². The van der Waals surface area contributed by atoms with E-state index in [2.05, 4.69) is 29.3 Å². The Morgan fingerprint density at radius 3 is 2.45 bits per heavy atom. The van der Waals surface area contributed by atoms with Crippen LogP contribution < -0.4 is 0 Å². The fourth-order valence-electron chi connectivity index (χ4n) is 2.58. The van der Waals surface area contributed by atoms with Gasteiger partial charge in [-0.1, -0.05) is 54.6 Å². The molecule has 0 N–H and O–H groups in total. The molecule has 0 aliphatic carbocycles. The normalized spacial score (nSPS) is 11.9. The molecule has 0 radical (unpaired) electrons. The minimum atomic E-state index is 0.0307. The number of benzene rings is 2. The van der Waals surface area contributed by atoms with E-state index in [1.54, 1.807) is 0 Å². The number of allylic oxidation sites excluding steroid dienone is 1. The van der Waals surface area contributed by atoms with Gasteiger partial charge in [-0.25, -0.2) is 0 Å². The average molecular weight is 258 g/mol. The lowest BCUT2D eigenvalue weighted by Gasteiger charge is -2.16. The predicted octanol–water partition coefficient (Wildman–Crippen LogP) is 4.29. The van der Waals surface area contributed by atoms with Crippen molar-refractivity contribution in [1.29, 1.82) is 5.26 Å². The van der Waals surface area contributed by atoms with E-state index in [1.165, 1.54) is 0 Å². The van der Waals surface area contributed by atoms with E-state index in [1.807, 2.05) is 54.7 Å². The lowest BCUT2D eigenvalue weighted by Crippen LogP contribution is -2.06. The molecular formula is C18H14N2. The van der Waals surface area contributed by atoms with Crippen LogP contribution in [-0.2, 0) is 0 Å². The molecular weight excluding hydrogens is 244 g/mol. The third kappa shape index (κ3) is 1.90. The van der Waals surface area contributed by atoms with E-state index >= 15 is 0 Å². The highest BCUT2D eigenvalue weighted by Crippen LogP contribution is 2.28. The Bertz CT molecular complexity index is 791. The first-order valence-electron chi connectivity index (χ1n) is 6.52. The van der Waals surface area contributed by atoms with Crippen LogP contribution in [-0.4, -0.2) is 4.57 Å². The number of hydrogen-bond acceptors (Lipinski definition) is 1. The first-order valence-corrected chi connectivity index (χ1v) is 6.52. The summed E-state index contributed by atoms with van der Waals surface area (Å²) in [4.78, 5) is 0. The largest absolute Gasteiger partial charge is 0.335 e. The minimum absolute atomic E-state index is 0.0307. The summed E-state index contributed by atoms with van der Waals surface area (Å²) < 4.78 is 2.11. The zero-order valence-corrected chi connectivity index (χ0v) is 11.0. The van der Waals surface area contributed by atoms with E-state index in [0.717, 1.165) is 16.5 Å². The standard InChI is InChI=1S/C18H14N2/c1-2-17(14-8-4-3-5-9-14)20-13-15(12-19)16-10-6-7-11-18(16)20/h2-11,13,17H,1H2/t17-/m1/s1. The molecule has 20 heavy (non-hydrogen) atoms. The second-order valence-corrected chi connectivity index (χ2v) is 4.67. The van der Waals surface area contributed by atoms with Crippen molar-refractivity contribution in [2.75, 3.05) is 0 Å². The molecule has 0 bridgehead atoms. The number of nitriles is 1. The van der Waals surface area contributed by atoms with Crippen molar-refractivity contribution in [1.82, 2.24) is 4.57 Å². The molecule has 0 aliphatic rings. The van der Waals surface area contributed by atoms with Crippen LogP contribution in [0.15, 0.2) is 73.4 Å². The van der Waals surface area contributed by atoms with Gasteiger partial charge < -0.3 is 4.57 Å². The number of para-hydroxylation sites is 1. The van der Waals surface area contributed by atoms with Crippen LogP contribution >= 0.6 is 0 Å². The molecule has 0 unspecified atom stereocenters. The molecule has 1 atom stereocenters. The van der Waals surface area contributed by atoms with Crippen LogP contribution in [0.3, 0.4) is 0 Å². The van der Waals surface area contributed by atoms with Gasteiger partial charge >= 0.3 is 0 Å². The molecule has 2 aromatic carbocycles. The summed E-state index contributed by atoms with van der Waals surface area (Å²) in [5.41, 5.74) is 2.91. The number of nitrogens with zero attached hydrogens (tertiary/aromatic N) is 2. The van der Waals surface area contributed by atoms with E-state index in [0.29, 0.717) is 5.56 Å². The highest BCUT2D eigenvalue weighted by molar-refractivity contribution is 5.86.